The van der Waals surface area contributed by atoms with E-state index in [1.807, 2.05) is 0 Å². The third kappa shape index (κ3) is 7.45. The van der Waals surface area contributed by atoms with E-state index in [0.29, 0.717) is 23.7 Å². The number of carbonyl (C=O) groups is 1. The molecule has 1 aromatic rings. The molecular formula is C18H29FIN5O. The van der Waals surface area contributed by atoms with Crippen LogP contribution in [0.2, 0.25) is 0 Å². The number of hydrogen-bond donors (Lipinski definition) is 3. The Bertz CT molecular complexity index is 586. The molecule has 8 heteroatoms. The number of rotatable bonds is 5. The number of halogens is 2. The highest BCUT2D eigenvalue weighted by atomic mass is 127. The Hall–Kier alpha value is -1.42. The molecule has 1 amide bonds. The quantitative estimate of drug-likeness (QED) is 0.346. The highest BCUT2D eigenvalue weighted by molar-refractivity contribution is 14.0. The largest absolute Gasteiger partial charge is 0.354 e. The van der Waals surface area contributed by atoms with Crippen molar-refractivity contribution >= 4 is 41.5 Å². The normalized spacial score (nSPS) is 16.1. The van der Waals surface area contributed by atoms with Gasteiger partial charge in [-0.2, -0.15) is 0 Å². The Kier molecular flexibility index (Phi) is 9.85. The van der Waals surface area contributed by atoms with E-state index < -0.39 is 0 Å². The summed E-state index contributed by atoms with van der Waals surface area (Å²) in [6.45, 7) is 6.67. The van der Waals surface area contributed by atoms with Gasteiger partial charge in [-0.1, -0.05) is 0 Å². The van der Waals surface area contributed by atoms with Crippen molar-refractivity contribution in [2.45, 2.75) is 38.8 Å². The maximum atomic E-state index is 12.9. The zero-order valence-corrected chi connectivity index (χ0v) is 17.9. The van der Waals surface area contributed by atoms with Crippen molar-refractivity contribution in [2.24, 2.45) is 4.99 Å². The van der Waals surface area contributed by atoms with E-state index in [1.54, 1.807) is 7.05 Å². The zero-order chi connectivity index (χ0) is 18.2. The molecule has 1 saturated heterocycles. The molecule has 1 heterocycles. The minimum absolute atomic E-state index is 0. The number of nitrogens with one attached hydrogen (secondary N) is 3. The fraction of sp³-hybridized carbons (Fsp3) is 0.556. The second-order valence-electron chi connectivity index (χ2n) is 6.53. The lowest BCUT2D eigenvalue weighted by atomic mass is 10.0. The SMILES string of the molecule is CN=C(NCC(=O)Nc1ccc(F)cc1)NC1CCN(C(C)C)CC1.I. The third-order valence-electron chi connectivity index (χ3n) is 4.37. The summed E-state index contributed by atoms with van der Waals surface area (Å²) >= 11 is 0. The molecule has 1 aliphatic rings. The first-order chi connectivity index (χ1) is 12.0. The van der Waals surface area contributed by atoms with Gasteiger partial charge in [0, 0.05) is 37.9 Å². The molecule has 0 spiro atoms. The fourth-order valence-corrected chi connectivity index (χ4v) is 2.85. The Balaban J connectivity index is 0.00000338. The van der Waals surface area contributed by atoms with E-state index in [-0.39, 0.29) is 42.2 Å². The highest BCUT2D eigenvalue weighted by Gasteiger charge is 2.21. The van der Waals surface area contributed by atoms with Crippen LogP contribution in [0, 0.1) is 5.82 Å². The van der Waals surface area contributed by atoms with Gasteiger partial charge in [0.15, 0.2) is 5.96 Å². The monoisotopic (exact) mass is 477 g/mol. The fourth-order valence-electron chi connectivity index (χ4n) is 2.85. The molecule has 0 aliphatic carbocycles. The molecule has 1 aliphatic heterocycles. The number of likely N-dealkylation sites (tertiary alicyclic amines) is 1. The van der Waals surface area contributed by atoms with E-state index in [1.165, 1.54) is 24.3 Å². The molecule has 0 unspecified atom stereocenters. The van der Waals surface area contributed by atoms with Gasteiger partial charge >= 0.3 is 0 Å². The number of amides is 1. The van der Waals surface area contributed by atoms with Crippen molar-refractivity contribution in [3.05, 3.63) is 30.1 Å². The standard InChI is InChI=1S/C18H28FN5O.HI/c1-13(2)24-10-8-16(9-11-24)23-18(20-3)21-12-17(25)22-15-6-4-14(19)5-7-15;/h4-7,13,16H,8-12H2,1-3H3,(H,22,25)(H2,20,21,23);1H. The van der Waals surface area contributed by atoms with Gasteiger partial charge < -0.3 is 20.9 Å². The summed E-state index contributed by atoms with van der Waals surface area (Å²) in [4.78, 5) is 18.6. The van der Waals surface area contributed by atoms with Crippen molar-refractivity contribution < 1.29 is 9.18 Å². The first-order valence-corrected chi connectivity index (χ1v) is 8.74. The van der Waals surface area contributed by atoms with Crippen molar-refractivity contribution in [1.82, 2.24) is 15.5 Å². The molecule has 1 fully saturated rings. The number of anilines is 1. The van der Waals surface area contributed by atoms with Crippen LogP contribution in [0.25, 0.3) is 0 Å². The van der Waals surface area contributed by atoms with Crippen LogP contribution in [0.4, 0.5) is 10.1 Å². The van der Waals surface area contributed by atoms with Crippen LogP contribution in [0.1, 0.15) is 26.7 Å². The van der Waals surface area contributed by atoms with Crippen LogP contribution in [0.3, 0.4) is 0 Å². The lowest BCUT2D eigenvalue weighted by molar-refractivity contribution is -0.115. The Morgan fingerprint density at radius 1 is 1.27 bits per heavy atom. The van der Waals surface area contributed by atoms with Gasteiger partial charge in [-0.05, 0) is 51.0 Å². The van der Waals surface area contributed by atoms with Crippen LogP contribution in [0.15, 0.2) is 29.3 Å². The summed E-state index contributed by atoms with van der Waals surface area (Å²) in [6.07, 6.45) is 2.11. The molecular weight excluding hydrogens is 448 g/mol. The predicted molar refractivity (Wildman–Crippen MR) is 115 cm³/mol. The Morgan fingerprint density at radius 3 is 2.42 bits per heavy atom. The highest BCUT2D eigenvalue weighted by Crippen LogP contribution is 2.12. The minimum Gasteiger partial charge on any atom is -0.354 e. The van der Waals surface area contributed by atoms with Crippen LogP contribution in [-0.4, -0.2) is 55.5 Å². The number of aliphatic imine (C=N–C) groups is 1. The second kappa shape index (κ2) is 11.3. The maximum absolute atomic E-state index is 12.9. The van der Waals surface area contributed by atoms with E-state index in [0.717, 1.165) is 25.9 Å². The van der Waals surface area contributed by atoms with Gasteiger partial charge in [-0.25, -0.2) is 4.39 Å². The number of benzene rings is 1. The second-order valence-corrected chi connectivity index (χ2v) is 6.53. The molecule has 0 saturated carbocycles. The number of hydrogen-bond acceptors (Lipinski definition) is 3. The van der Waals surface area contributed by atoms with Gasteiger partial charge in [0.05, 0.1) is 6.54 Å². The first-order valence-electron chi connectivity index (χ1n) is 8.74. The number of carbonyl (C=O) groups excluding carboxylic acids is 1. The molecule has 2 rings (SSSR count). The number of piperidine rings is 1. The molecule has 0 bridgehead atoms. The maximum Gasteiger partial charge on any atom is 0.243 e. The minimum atomic E-state index is -0.329. The lowest BCUT2D eigenvalue weighted by Gasteiger charge is -2.35. The van der Waals surface area contributed by atoms with Crippen molar-refractivity contribution in [1.29, 1.82) is 0 Å². The number of nitrogens with zero attached hydrogens (tertiary/aromatic N) is 2. The summed E-state index contributed by atoms with van der Waals surface area (Å²) in [6, 6.07) is 6.63. The van der Waals surface area contributed by atoms with Crippen LogP contribution in [0.5, 0.6) is 0 Å². The summed E-state index contributed by atoms with van der Waals surface area (Å²) in [5.74, 6) is 0.0886. The Morgan fingerprint density at radius 2 is 1.88 bits per heavy atom. The molecule has 3 N–H and O–H groups in total. The molecule has 1 aromatic carbocycles. The summed E-state index contributed by atoms with van der Waals surface area (Å²) in [7, 11) is 1.69. The van der Waals surface area contributed by atoms with Crippen LogP contribution >= 0.6 is 24.0 Å². The smallest absolute Gasteiger partial charge is 0.243 e. The molecule has 0 atom stereocenters. The first kappa shape index (κ1) is 22.6. The summed E-state index contributed by atoms with van der Waals surface area (Å²) < 4.78 is 12.9. The molecule has 146 valence electrons. The summed E-state index contributed by atoms with van der Waals surface area (Å²) in [5, 5.41) is 9.11. The van der Waals surface area contributed by atoms with Gasteiger partial charge in [0.25, 0.3) is 0 Å². The molecule has 0 radical (unpaired) electrons. The van der Waals surface area contributed by atoms with E-state index in [9.17, 15) is 9.18 Å². The Labute approximate surface area is 172 Å². The van der Waals surface area contributed by atoms with Crippen molar-refractivity contribution in [3.63, 3.8) is 0 Å². The van der Waals surface area contributed by atoms with Crippen LogP contribution in [-0.2, 0) is 4.79 Å². The van der Waals surface area contributed by atoms with Gasteiger partial charge in [0.2, 0.25) is 5.91 Å². The molecule has 0 aromatic heterocycles. The molecule has 6 nitrogen and oxygen atoms in total. The van der Waals surface area contributed by atoms with Gasteiger partial charge in [-0.15, -0.1) is 24.0 Å². The van der Waals surface area contributed by atoms with Crippen molar-refractivity contribution in [2.75, 3.05) is 32.0 Å². The van der Waals surface area contributed by atoms with Crippen molar-refractivity contribution in [3.8, 4) is 0 Å². The van der Waals surface area contributed by atoms with Crippen LogP contribution < -0.4 is 16.0 Å². The topological polar surface area (TPSA) is 68.8 Å². The number of guanidine groups is 1. The van der Waals surface area contributed by atoms with E-state index in [2.05, 4.69) is 39.7 Å². The van der Waals surface area contributed by atoms with E-state index >= 15 is 0 Å². The zero-order valence-electron chi connectivity index (χ0n) is 15.6. The third-order valence-corrected chi connectivity index (χ3v) is 4.37. The lowest BCUT2D eigenvalue weighted by Crippen LogP contribution is -2.50. The van der Waals surface area contributed by atoms with Gasteiger partial charge in [-0.3, -0.25) is 9.79 Å². The van der Waals surface area contributed by atoms with Gasteiger partial charge in [0.1, 0.15) is 5.82 Å². The average Bonchev–Trinajstić information content (AvgIpc) is 2.61. The summed E-state index contributed by atoms with van der Waals surface area (Å²) in [5.41, 5.74) is 0.567. The molecule has 26 heavy (non-hydrogen) atoms. The predicted octanol–water partition coefficient (Wildman–Crippen LogP) is 2.42. The van der Waals surface area contributed by atoms with E-state index in [4.69, 9.17) is 0 Å². The average molecular weight is 477 g/mol.